The van der Waals surface area contributed by atoms with Gasteiger partial charge in [0.15, 0.2) is 0 Å². The number of hydrazone groups is 1. The average Bonchev–Trinajstić information content (AvgIpc) is 2.70. The monoisotopic (exact) mass is 459 g/mol. The van der Waals surface area contributed by atoms with E-state index in [4.69, 9.17) is 0 Å². The smallest absolute Gasteiger partial charge is 0.387 e. The van der Waals surface area contributed by atoms with Crippen molar-refractivity contribution in [3.05, 3.63) is 74.5 Å². The highest BCUT2D eigenvalue weighted by Crippen LogP contribution is 2.26. The molecule has 3 rings (SSSR count). The number of hydrogen-bond acceptors (Lipinski definition) is 6. The molecule has 3 aromatic rings. The van der Waals surface area contributed by atoms with Crippen molar-refractivity contribution in [2.24, 2.45) is 5.10 Å². The lowest BCUT2D eigenvalue weighted by Crippen LogP contribution is -2.16. The summed E-state index contributed by atoms with van der Waals surface area (Å²) in [5.74, 6) is -0.0985. The molecule has 2 N–H and O–H groups in total. The van der Waals surface area contributed by atoms with E-state index in [1.807, 2.05) is 6.07 Å². The summed E-state index contributed by atoms with van der Waals surface area (Å²) in [6.45, 7) is -2.99. The second kappa shape index (κ2) is 9.07. The topological polar surface area (TPSA) is 103 Å². The van der Waals surface area contributed by atoms with Crippen LogP contribution in [0.15, 0.2) is 62.9 Å². The van der Waals surface area contributed by atoms with E-state index < -0.39 is 12.2 Å². The number of aromatic amines is 1. The lowest BCUT2D eigenvalue weighted by molar-refractivity contribution is -0.0499. The maximum absolute atomic E-state index is 12.6. The first-order valence-electron chi connectivity index (χ1n) is 8.12. The third kappa shape index (κ3) is 4.83. The van der Waals surface area contributed by atoms with Gasteiger partial charge in [0.2, 0.25) is 5.95 Å². The van der Waals surface area contributed by atoms with Crippen LogP contribution in [0.1, 0.15) is 11.1 Å². The molecule has 1 aromatic heterocycles. The maximum Gasteiger partial charge on any atom is 0.387 e. The molecular formula is C19H12BrF2N5O2. The molecule has 0 amide bonds. The van der Waals surface area contributed by atoms with E-state index in [9.17, 15) is 18.8 Å². The van der Waals surface area contributed by atoms with Crippen LogP contribution in [0.4, 0.5) is 14.7 Å². The Bertz CT molecular complexity index is 1140. The molecule has 0 spiro atoms. The van der Waals surface area contributed by atoms with Gasteiger partial charge in [-0.3, -0.25) is 9.78 Å². The van der Waals surface area contributed by atoms with Gasteiger partial charge in [0.05, 0.1) is 17.5 Å². The van der Waals surface area contributed by atoms with Gasteiger partial charge >= 0.3 is 6.61 Å². The van der Waals surface area contributed by atoms with Gasteiger partial charge < -0.3 is 4.74 Å². The van der Waals surface area contributed by atoms with Gasteiger partial charge in [-0.2, -0.15) is 19.1 Å². The number of nitrogens with zero attached hydrogens (tertiary/aromatic N) is 3. The van der Waals surface area contributed by atoms with Crippen LogP contribution >= 0.6 is 15.9 Å². The summed E-state index contributed by atoms with van der Waals surface area (Å²) in [4.78, 5) is 18.8. The fourth-order valence-corrected chi connectivity index (χ4v) is 2.88. The van der Waals surface area contributed by atoms with Crippen LogP contribution in [-0.2, 0) is 0 Å². The van der Waals surface area contributed by atoms with Crippen molar-refractivity contribution in [2.45, 2.75) is 6.61 Å². The van der Waals surface area contributed by atoms with Crippen LogP contribution in [0.5, 0.6) is 5.75 Å². The number of halogens is 3. The molecule has 0 radical (unpaired) electrons. The number of rotatable bonds is 6. The minimum absolute atomic E-state index is 0.0208. The normalized spacial score (nSPS) is 10.9. The number of nitrogens with one attached hydrogen (secondary N) is 2. The molecule has 0 bridgehead atoms. The summed E-state index contributed by atoms with van der Waals surface area (Å²) < 4.78 is 30.1. The lowest BCUT2D eigenvalue weighted by Gasteiger charge is -2.09. The molecule has 29 heavy (non-hydrogen) atoms. The molecule has 7 nitrogen and oxygen atoms in total. The zero-order valence-corrected chi connectivity index (χ0v) is 16.2. The van der Waals surface area contributed by atoms with Gasteiger partial charge in [-0.25, -0.2) is 10.4 Å². The molecule has 0 atom stereocenters. The van der Waals surface area contributed by atoms with E-state index in [0.29, 0.717) is 10.0 Å². The highest BCUT2D eigenvalue weighted by Gasteiger charge is 2.13. The van der Waals surface area contributed by atoms with Crippen LogP contribution < -0.4 is 15.7 Å². The zero-order chi connectivity index (χ0) is 20.8. The summed E-state index contributed by atoms with van der Waals surface area (Å²) in [6.07, 6.45) is 1.24. The standard InChI is InChI=1S/C19H12BrF2N5O2/c20-14-7-4-8-15(29-18(21)22)13(14)10-24-27-19-25-16(11-5-2-1-3-6-11)12(9-23)17(28)26-19/h1-8,10,18H,(H2,25,26,27,28). The first kappa shape index (κ1) is 20.2. The number of alkyl halides is 2. The van der Waals surface area contributed by atoms with Crippen LogP contribution in [0, 0.1) is 11.3 Å². The molecule has 0 saturated carbocycles. The molecule has 0 fully saturated rings. The van der Waals surface area contributed by atoms with Crippen molar-refractivity contribution in [3.8, 4) is 23.1 Å². The van der Waals surface area contributed by atoms with E-state index in [0.717, 1.165) is 0 Å². The second-order valence-corrected chi connectivity index (χ2v) is 6.37. The first-order valence-corrected chi connectivity index (χ1v) is 8.91. The molecule has 0 saturated heterocycles. The Morgan fingerprint density at radius 3 is 2.69 bits per heavy atom. The molecule has 1 heterocycles. The largest absolute Gasteiger partial charge is 0.434 e. The van der Waals surface area contributed by atoms with Crippen molar-refractivity contribution in [1.82, 2.24) is 9.97 Å². The third-order valence-corrected chi connectivity index (χ3v) is 4.36. The predicted octanol–water partition coefficient (Wildman–Crippen LogP) is 4.12. The van der Waals surface area contributed by atoms with E-state index >= 15 is 0 Å². The zero-order valence-electron chi connectivity index (χ0n) is 14.6. The Balaban J connectivity index is 1.92. The number of anilines is 1. The average molecular weight is 460 g/mol. The van der Waals surface area contributed by atoms with Crippen LogP contribution in [0.3, 0.4) is 0 Å². The van der Waals surface area contributed by atoms with Crippen LogP contribution in [0.2, 0.25) is 0 Å². The van der Waals surface area contributed by atoms with E-state index in [2.05, 4.69) is 41.2 Å². The number of hydrogen-bond donors (Lipinski definition) is 2. The van der Waals surface area contributed by atoms with Crippen molar-refractivity contribution in [2.75, 3.05) is 5.43 Å². The van der Waals surface area contributed by atoms with Crippen molar-refractivity contribution in [1.29, 1.82) is 5.26 Å². The van der Waals surface area contributed by atoms with E-state index in [-0.39, 0.29) is 28.5 Å². The molecule has 146 valence electrons. The number of benzene rings is 2. The number of H-pyrrole nitrogens is 1. The summed E-state index contributed by atoms with van der Waals surface area (Å²) in [7, 11) is 0. The van der Waals surface area contributed by atoms with Gasteiger partial charge in [0.25, 0.3) is 5.56 Å². The Kier molecular flexibility index (Phi) is 6.31. The molecule has 0 aliphatic heterocycles. The SMILES string of the molecule is N#Cc1c(-c2ccccc2)nc(NN=Cc2c(Br)cccc2OC(F)F)[nH]c1=O. The van der Waals surface area contributed by atoms with Gasteiger partial charge in [-0.15, -0.1) is 0 Å². The van der Waals surface area contributed by atoms with Gasteiger partial charge in [-0.1, -0.05) is 36.4 Å². The molecule has 0 aliphatic rings. The Morgan fingerprint density at radius 2 is 2.00 bits per heavy atom. The highest BCUT2D eigenvalue weighted by atomic mass is 79.9. The maximum atomic E-state index is 12.6. The van der Waals surface area contributed by atoms with E-state index in [1.165, 1.54) is 12.3 Å². The Hall–Kier alpha value is -3.58. The number of ether oxygens (including phenoxy) is 1. The summed E-state index contributed by atoms with van der Waals surface area (Å²) in [5.41, 5.74) is 2.80. The highest BCUT2D eigenvalue weighted by molar-refractivity contribution is 9.10. The third-order valence-electron chi connectivity index (χ3n) is 3.67. The van der Waals surface area contributed by atoms with Gasteiger partial charge in [0.1, 0.15) is 17.4 Å². The Labute approximate surface area is 171 Å². The quantitative estimate of drug-likeness (QED) is 0.426. The molecule has 0 unspecified atom stereocenters. The van der Waals surface area contributed by atoms with Gasteiger partial charge in [-0.05, 0) is 28.1 Å². The van der Waals surface area contributed by atoms with E-state index in [1.54, 1.807) is 42.5 Å². The summed E-state index contributed by atoms with van der Waals surface area (Å²) in [5, 5.41) is 13.2. The first-order chi connectivity index (χ1) is 14.0. The van der Waals surface area contributed by atoms with Crippen molar-refractivity contribution >= 4 is 28.1 Å². The fraction of sp³-hybridized carbons (Fsp3) is 0.0526. The molecule has 2 aromatic carbocycles. The minimum Gasteiger partial charge on any atom is -0.434 e. The fourth-order valence-electron chi connectivity index (χ4n) is 2.43. The number of nitriles is 1. The summed E-state index contributed by atoms with van der Waals surface area (Å²) in [6, 6.07) is 15.1. The van der Waals surface area contributed by atoms with Crippen LogP contribution in [-0.4, -0.2) is 22.8 Å². The molecule has 10 heteroatoms. The second-order valence-electron chi connectivity index (χ2n) is 5.52. The minimum atomic E-state index is -2.99. The van der Waals surface area contributed by atoms with Crippen LogP contribution in [0.25, 0.3) is 11.3 Å². The molecular weight excluding hydrogens is 448 g/mol. The number of aromatic nitrogens is 2. The predicted molar refractivity (Wildman–Crippen MR) is 107 cm³/mol. The van der Waals surface area contributed by atoms with Gasteiger partial charge in [0, 0.05) is 10.0 Å². The van der Waals surface area contributed by atoms with Crippen molar-refractivity contribution in [3.63, 3.8) is 0 Å². The molecule has 0 aliphatic carbocycles. The summed E-state index contributed by atoms with van der Waals surface area (Å²) >= 11 is 3.24. The van der Waals surface area contributed by atoms with Crippen molar-refractivity contribution < 1.29 is 13.5 Å². The lowest BCUT2D eigenvalue weighted by atomic mass is 10.1. The Morgan fingerprint density at radius 1 is 1.24 bits per heavy atom.